The van der Waals surface area contributed by atoms with E-state index >= 15 is 0 Å². The first kappa shape index (κ1) is 19.0. The zero-order valence-electron chi connectivity index (χ0n) is 14.0. The Bertz CT molecular complexity index is 933. The molecule has 2 aromatic heterocycles. The van der Waals surface area contributed by atoms with Gasteiger partial charge in [0.2, 0.25) is 5.91 Å². The van der Waals surface area contributed by atoms with Crippen molar-refractivity contribution in [2.75, 3.05) is 30.4 Å². The number of halogens is 2. The van der Waals surface area contributed by atoms with Crippen molar-refractivity contribution in [1.29, 1.82) is 0 Å². The molecule has 0 aliphatic rings. The molecule has 1 aromatic carbocycles. The van der Waals surface area contributed by atoms with E-state index in [0.717, 1.165) is 21.5 Å². The molecule has 0 aliphatic heterocycles. The first-order valence-electron chi connectivity index (χ1n) is 7.89. The lowest BCUT2D eigenvalue weighted by Gasteiger charge is -2.12. The molecule has 2 N–H and O–H groups in total. The van der Waals surface area contributed by atoms with E-state index in [1.54, 1.807) is 10.7 Å². The number of amides is 1. The van der Waals surface area contributed by atoms with Gasteiger partial charge in [0.05, 0.1) is 22.1 Å². The summed E-state index contributed by atoms with van der Waals surface area (Å²) in [5.41, 5.74) is 2.29. The lowest BCUT2D eigenvalue weighted by Crippen LogP contribution is -2.30. The molecule has 0 saturated carbocycles. The Morgan fingerprint density at radius 2 is 2.15 bits per heavy atom. The van der Waals surface area contributed by atoms with Crippen LogP contribution in [0.2, 0.25) is 5.02 Å². The van der Waals surface area contributed by atoms with Gasteiger partial charge in [-0.2, -0.15) is 21.4 Å². The molecule has 0 spiro atoms. The normalized spacial score (nSPS) is 10.9. The molecule has 0 fully saturated rings. The quantitative estimate of drug-likeness (QED) is 0.533. The van der Waals surface area contributed by atoms with Crippen LogP contribution in [0.15, 0.2) is 41.0 Å². The molecule has 26 heavy (non-hydrogen) atoms. The number of carbonyl (C=O) groups is 1. The fourth-order valence-corrected chi connectivity index (χ4v) is 3.39. The molecular formula is C17H17BrClN5OS. The average molecular weight is 455 g/mol. The second-order valence-corrected chi connectivity index (χ2v) is 7.57. The summed E-state index contributed by atoms with van der Waals surface area (Å²) in [4.78, 5) is 16.2. The number of rotatable bonds is 7. The Labute approximate surface area is 168 Å². The van der Waals surface area contributed by atoms with Crippen LogP contribution in [-0.2, 0) is 4.79 Å². The summed E-state index contributed by atoms with van der Waals surface area (Å²) >= 11 is 11.3. The Morgan fingerprint density at radius 1 is 1.35 bits per heavy atom. The highest BCUT2D eigenvalue weighted by molar-refractivity contribution is 9.10. The minimum atomic E-state index is 0.0257. The van der Waals surface area contributed by atoms with E-state index in [-0.39, 0.29) is 5.91 Å². The fraction of sp³-hybridized carbons (Fsp3) is 0.235. The van der Waals surface area contributed by atoms with E-state index in [2.05, 4.69) is 36.6 Å². The van der Waals surface area contributed by atoms with Crippen LogP contribution in [0.1, 0.15) is 0 Å². The van der Waals surface area contributed by atoms with Crippen molar-refractivity contribution in [3.05, 3.63) is 46.0 Å². The first-order chi connectivity index (χ1) is 12.6. The van der Waals surface area contributed by atoms with E-state index in [9.17, 15) is 4.79 Å². The fourth-order valence-electron chi connectivity index (χ4n) is 2.44. The molecule has 136 valence electrons. The highest BCUT2D eigenvalue weighted by Crippen LogP contribution is 2.30. The highest BCUT2D eigenvalue weighted by atomic mass is 79.9. The SMILES string of the molecule is CSCC(=O)NCCNc1cc(-c2ccccc2Cl)nc2c(Br)cnn12. The largest absolute Gasteiger partial charge is 0.368 e. The number of benzene rings is 1. The van der Waals surface area contributed by atoms with Crippen LogP contribution < -0.4 is 10.6 Å². The van der Waals surface area contributed by atoms with Gasteiger partial charge in [-0.05, 0) is 28.3 Å². The van der Waals surface area contributed by atoms with Gasteiger partial charge in [-0.15, -0.1) is 0 Å². The molecule has 0 atom stereocenters. The molecule has 6 nitrogen and oxygen atoms in total. The van der Waals surface area contributed by atoms with Crippen molar-refractivity contribution in [1.82, 2.24) is 19.9 Å². The molecule has 0 bridgehead atoms. The van der Waals surface area contributed by atoms with Crippen LogP contribution in [-0.4, -0.2) is 45.6 Å². The summed E-state index contributed by atoms with van der Waals surface area (Å²) in [6.07, 6.45) is 3.60. The third kappa shape index (κ3) is 4.31. The van der Waals surface area contributed by atoms with Crippen molar-refractivity contribution in [3.63, 3.8) is 0 Å². The van der Waals surface area contributed by atoms with Crippen LogP contribution in [0.3, 0.4) is 0 Å². The minimum Gasteiger partial charge on any atom is -0.368 e. The number of thioether (sulfide) groups is 1. The van der Waals surface area contributed by atoms with E-state index in [1.807, 2.05) is 36.6 Å². The van der Waals surface area contributed by atoms with Crippen molar-refractivity contribution in [2.24, 2.45) is 0 Å². The number of nitrogens with zero attached hydrogens (tertiary/aromatic N) is 3. The minimum absolute atomic E-state index is 0.0257. The number of fused-ring (bicyclic) bond motifs is 1. The van der Waals surface area contributed by atoms with E-state index in [1.165, 1.54) is 11.8 Å². The summed E-state index contributed by atoms with van der Waals surface area (Å²) in [6, 6.07) is 9.47. The molecule has 0 radical (unpaired) electrons. The van der Waals surface area contributed by atoms with E-state index in [4.69, 9.17) is 11.6 Å². The number of hydrogen-bond acceptors (Lipinski definition) is 5. The molecule has 3 rings (SSSR count). The molecule has 1 amide bonds. The second-order valence-electron chi connectivity index (χ2n) is 5.44. The monoisotopic (exact) mass is 453 g/mol. The lowest BCUT2D eigenvalue weighted by molar-refractivity contribution is -0.118. The Hall–Kier alpha value is -1.77. The van der Waals surface area contributed by atoms with Gasteiger partial charge in [0.25, 0.3) is 0 Å². The third-order valence-electron chi connectivity index (χ3n) is 3.61. The number of anilines is 1. The summed E-state index contributed by atoms with van der Waals surface area (Å²) < 4.78 is 2.51. The van der Waals surface area contributed by atoms with Gasteiger partial charge in [0.1, 0.15) is 5.82 Å². The topological polar surface area (TPSA) is 71.3 Å². The van der Waals surface area contributed by atoms with Gasteiger partial charge in [-0.25, -0.2) is 4.98 Å². The molecule has 0 unspecified atom stereocenters. The van der Waals surface area contributed by atoms with Crippen molar-refractivity contribution >= 4 is 56.7 Å². The van der Waals surface area contributed by atoms with Crippen LogP contribution >= 0.6 is 39.3 Å². The van der Waals surface area contributed by atoms with Gasteiger partial charge in [0, 0.05) is 29.7 Å². The van der Waals surface area contributed by atoms with E-state index < -0.39 is 0 Å². The van der Waals surface area contributed by atoms with E-state index in [0.29, 0.717) is 29.5 Å². The molecule has 3 aromatic rings. The number of aromatic nitrogens is 3. The number of hydrogen-bond donors (Lipinski definition) is 2. The average Bonchev–Trinajstić information content (AvgIpc) is 3.00. The van der Waals surface area contributed by atoms with Gasteiger partial charge in [-0.3, -0.25) is 4.79 Å². The summed E-state index contributed by atoms with van der Waals surface area (Å²) in [7, 11) is 0. The predicted molar refractivity (Wildman–Crippen MR) is 111 cm³/mol. The Kier molecular flexibility index (Phi) is 6.39. The summed E-state index contributed by atoms with van der Waals surface area (Å²) in [5.74, 6) is 1.26. The van der Waals surface area contributed by atoms with Gasteiger partial charge in [-0.1, -0.05) is 29.8 Å². The van der Waals surface area contributed by atoms with Crippen molar-refractivity contribution in [3.8, 4) is 11.3 Å². The number of carbonyl (C=O) groups excluding carboxylic acids is 1. The predicted octanol–water partition coefficient (Wildman–Crippen LogP) is 3.70. The van der Waals surface area contributed by atoms with Crippen molar-refractivity contribution in [2.45, 2.75) is 0 Å². The van der Waals surface area contributed by atoms with Crippen molar-refractivity contribution < 1.29 is 4.79 Å². The molecule has 0 aliphatic carbocycles. The zero-order valence-corrected chi connectivity index (χ0v) is 17.2. The maximum atomic E-state index is 11.5. The first-order valence-corrected chi connectivity index (χ1v) is 10.5. The molecule has 9 heteroatoms. The maximum Gasteiger partial charge on any atom is 0.230 e. The second kappa shape index (κ2) is 8.75. The standard InChI is InChI=1S/C17H17BrClN5OS/c1-26-10-16(25)21-7-6-20-15-8-14(11-4-2-3-5-13(11)19)23-17-12(18)9-22-24(15)17/h2-5,8-9,20H,6-7,10H2,1H3,(H,21,25). The van der Waals surface area contributed by atoms with Crippen LogP contribution in [0, 0.1) is 0 Å². The molecule has 0 saturated heterocycles. The van der Waals surface area contributed by atoms with Crippen LogP contribution in [0.4, 0.5) is 5.82 Å². The van der Waals surface area contributed by atoms with Gasteiger partial charge >= 0.3 is 0 Å². The molecular weight excluding hydrogens is 438 g/mol. The number of nitrogens with one attached hydrogen (secondary N) is 2. The Morgan fingerprint density at radius 3 is 2.92 bits per heavy atom. The third-order valence-corrected chi connectivity index (χ3v) is 5.05. The smallest absolute Gasteiger partial charge is 0.230 e. The lowest BCUT2D eigenvalue weighted by atomic mass is 10.1. The summed E-state index contributed by atoms with van der Waals surface area (Å²) in [5, 5.41) is 11.1. The van der Waals surface area contributed by atoms with Crippen LogP contribution in [0.25, 0.3) is 16.9 Å². The molecule has 2 heterocycles. The zero-order chi connectivity index (χ0) is 18.5. The van der Waals surface area contributed by atoms with Gasteiger partial charge in [0.15, 0.2) is 5.65 Å². The summed E-state index contributed by atoms with van der Waals surface area (Å²) in [6.45, 7) is 1.09. The maximum absolute atomic E-state index is 11.5. The van der Waals surface area contributed by atoms with Gasteiger partial charge < -0.3 is 10.6 Å². The Balaban J connectivity index is 1.85. The van der Waals surface area contributed by atoms with Crippen LogP contribution in [0.5, 0.6) is 0 Å². The highest BCUT2D eigenvalue weighted by Gasteiger charge is 2.13.